The number of carbonyl (C=O) groups is 1. The lowest BCUT2D eigenvalue weighted by atomic mass is 10.1. The monoisotopic (exact) mass is 359 g/mol. The number of fused-ring (bicyclic) bond motifs is 1. The van der Waals surface area contributed by atoms with Crippen LogP contribution in [0.15, 0.2) is 24.3 Å². The molecule has 0 radical (unpaired) electrons. The first-order valence-corrected chi connectivity index (χ1v) is 6.92. The van der Waals surface area contributed by atoms with Crippen molar-refractivity contribution in [3.63, 3.8) is 0 Å². The number of methoxy groups -OCH3 is 1. The lowest BCUT2D eigenvalue weighted by Gasteiger charge is -2.18. The predicted octanol–water partition coefficient (Wildman–Crippen LogP) is 2.69. The number of aryl methyl sites for hydroxylation is 1. The molecule has 0 atom stereocenters. The number of nitrogens with zero attached hydrogens (tertiary/aromatic N) is 2. The molecule has 0 saturated carbocycles. The van der Waals surface area contributed by atoms with Crippen LogP contribution in [0, 0.1) is 6.92 Å². The highest BCUT2D eigenvalue weighted by atomic mass is 35.5. The Hall–Kier alpha value is -1.56. The molecule has 0 aliphatic rings. The number of carbonyl (C=O) groups excluding carboxylic acids is 1. The number of amides is 1. The second-order valence-electron chi connectivity index (χ2n) is 5.02. The number of rotatable bonds is 5. The Morgan fingerprint density at radius 1 is 1.30 bits per heavy atom. The zero-order chi connectivity index (χ0) is 15.4. The molecule has 1 aromatic carbocycles. The number of benzene rings is 1. The number of likely N-dealkylation sites (N-methyl/N-ethyl adjacent to an activating group) is 2. The number of hydrogen-bond donors (Lipinski definition) is 1. The molecule has 2 rings (SSSR count). The van der Waals surface area contributed by atoms with Gasteiger partial charge in [0, 0.05) is 31.2 Å². The van der Waals surface area contributed by atoms with Crippen LogP contribution in [0.2, 0.25) is 0 Å². The van der Waals surface area contributed by atoms with E-state index >= 15 is 0 Å². The highest BCUT2D eigenvalue weighted by Crippen LogP contribution is 2.24. The SMILES string of the molecule is CNCCN(C)C(=O)c1cc(C)nc2ccc(OC)cc12.Cl.Cl. The van der Waals surface area contributed by atoms with E-state index in [1.165, 1.54) is 0 Å². The molecule has 0 aliphatic carbocycles. The predicted molar refractivity (Wildman–Crippen MR) is 98.4 cm³/mol. The van der Waals surface area contributed by atoms with Gasteiger partial charge in [0.2, 0.25) is 0 Å². The van der Waals surface area contributed by atoms with E-state index in [-0.39, 0.29) is 30.7 Å². The van der Waals surface area contributed by atoms with Crippen LogP contribution in [-0.4, -0.2) is 50.1 Å². The Bertz CT molecular complexity index is 665. The average molecular weight is 360 g/mol. The third kappa shape index (κ3) is 4.96. The molecule has 0 fully saturated rings. The Balaban J connectivity index is 0.00000242. The van der Waals surface area contributed by atoms with E-state index in [0.29, 0.717) is 12.1 Å². The third-order valence-electron chi connectivity index (χ3n) is 3.42. The van der Waals surface area contributed by atoms with Crippen molar-refractivity contribution in [3.8, 4) is 5.75 Å². The van der Waals surface area contributed by atoms with Crippen molar-refractivity contribution in [1.82, 2.24) is 15.2 Å². The van der Waals surface area contributed by atoms with Crippen LogP contribution >= 0.6 is 24.8 Å². The van der Waals surface area contributed by atoms with Crippen molar-refractivity contribution in [2.75, 3.05) is 34.3 Å². The summed E-state index contributed by atoms with van der Waals surface area (Å²) in [5, 5.41) is 3.87. The normalized spacial score (nSPS) is 9.74. The molecule has 0 spiro atoms. The molecule has 23 heavy (non-hydrogen) atoms. The van der Waals surface area contributed by atoms with Crippen LogP contribution < -0.4 is 10.1 Å². The van der Waals surface area contributed by atoms with Crippen molar-refractivity contribution in [2.24, 2.45) is 0 Å². The van der Waals surface area contributed by atoms with Crippen LogP contribution in [0.25, 0.3) is 10.9 Å². The molecular weight excluding hydrogens is 337 g/mol. The summed E-state index contributed by atoms with van der Waals surface area (Å²) in [6, 6.07) is 7.43. The van der Waals surface area contributed by atoms with Crippen molar-refractivity contribution < 1.29 is 9.53 Å². The van der Waals surface area contributed by atoms with Gasteiger partial charge in [0.15, 0.2) is 0 Å². The maximum atomic E-state index is 12.6. The summed E-state index contributed by atoms with van der Waals surface area (Å²) in [7, 11) is 5.29. The van der Waals surface area contributed by atoms with E-state index in [0.717, 1.165) is 28.9 Å². The van der Waals surface area contributed by atoms with Crippen LogP contribution in [0.4, 0.5) is 0 Å². The molecule has 128 valence electrons. The van der Waals surface area contributed by atoms with Crippen molar-refractivity contribution >= 4 is 41.6 Å². The first-order valence-electron chi connectivity index (χ1n) is 6.92. The maximum Gasteiger partial charge on any atom is 0.254 e. The lowest BCUT2D eigenvalue weighted by Crippen LogP contribution is -2.33. The van der Waals surface area contributed by atoms with Gasteiger partial charge in [-0.1, -0.05) is 0 Å². The third-order valence-corrected chi connectivity index (χ3v) is 3.42. The fraction of sp³-hybridized carbons (Fsp3) is 0.375. The Morgan fingerprint density at radius 3 is 2.61 bits per heavy atom. The van der Waals surface area contributed by atoms with E-state index in [9.17, 15) is 4.79 Å². The maximum absolute atomic E-state index is 12.6. The minimum Gasteiger partial charge on any atom is -0.497 e. The summed E-state index contributed by atoms with van der Waals surface area (Å²) in [6.07, 6.45) is 0. The molecule has 1 N–H and O–H groups in total. The molecule has 1 aromatic heterocycles. The van der Waals surface area contributed by atoms with Gasteiger partial charge in [0.05, 0.1) is 18.2 Å². The summed E-state index contributed by atoms with van der Waals surface area (Å²) >= 11 is 0. The molecule has 0 aliphatic heterocycles. The number of nitrogens with one attached hydrogen (secondary N) is 1. The zero-order valence-corrected chi connectivity index (χ0v) is 15.4. The Morgan fingerprint density at radius 2 is 2.00 bits per heavy atom. The summed E-state index contributed by atoms with van der Waals surface area (Å²) < 4.78 is 5.25. The van der Waals surface area contributed by atoms with Crippen molar-refractivity contribution in [2.45, 2.75) is 6.92 Å². The minimum atomic E-state index is -0.00555. The fourth-order valence-corrected chi connectivity index (χ4v) is 2.23. The van der Waals surface area contributed by atoms with Crippen LogP contribution in [0.1, 0.15) is 16.1 Å². The van der Waals surface area contributed by atoms with Gasteiger partial charge >= 0.3 is 0 Å². The van der Waals surface area contributed by atoms with Crippen molar-refractivity contribution in [1.29, 1.82) is 0 Å². The largest absolute Gasteiger partial charge is 0.497 e. The van der Waals surface area contributed by atoms with Gasteiger partial charge in [0.1, 0.15) is 5.75 Å². The van der Waals surface area contributed by atoms with Gasteiger partial charge in [-0.3, -0.25) is 9.78 Å². The lowest BCUT2D eigenvalue weighted by molar-refractivity contribution is 0.0798. The molecule has 0 saturated heterocycles. The molecule has 7 heteroatoms. The molecule has 0 bridgehead atoms. The Labute approximate surface area is 149 Å². The quantitative estimate of drug-likeness (QED) is 0.891. The first-order chi connectivity index (χ1) is 10.1. The standard InChI is InChI=1S/C16H21N3O2.2ClH/c1-11-9-14(16(20)19(3)8-7-17-2)13-10-12(21-4)5-6-15(13)18-11;;/h5-6,9-10,17H,7-8H2,1-4H3;2*1H. The second kappa shape index (κ2) is 9.55. The molecule has 0 unspecified atom stereocenters. The van der Waals surface area contributed by atoms with Gasteiger partial charge in [-0.15, -0.1) is 24.8 Å². The molecular formula is C16H23Cl2N3O2. The van der Waals surface area contributed by atoms with Gasteiger partial charge < -0.3 is 15.0 Å². The summed E-state index contributed by atoms with van der Waals surface area (Å²) in [5.74, 6) is 0.717. The second-order valence-corrected chi connectivity index (χ2v) is 5.02. The van der Waals surface area contributed by atoms with Gasteiger partial charge in [-0.05, 0) is 38.2 Å². The number of pyridine rings is 1. The van der Waals surface area contributed by atoms with Crippen LogP contribution in [0.5, 0.6) is 5.75 Å². The van der Waals surface area contributed by atoms with Crippen LogP contribution in [-0.2, 0) is 0 Å². The molecule has 5 nitrogen and oxygen atoms in total. The van der Waals surface area contributed by atoms with E-state index in [4.69, 9.17) is 4.74 Å². The smallest absolute Gasteiger partial charge is 0.254 e. The minimum absolute atomic E-state index is 0. The van der Waals surface area contributed by atoms with E-state index in [2.05, 4.69) is 10.3 Å². The number of aromatic nitrogens is 1. The van der Waals surface area contributed by atoms with E-state index < -0.39 is 0 Å². The zero-order valence-electron chi connectivity index (χ0n) is 13.8. The highest BCUT2D eigenvalue weighted by Gasteiger charge is 2.16. The molecule has 1 amide bonds. The van der Waals surface area contributed by atoms with Crippen LogP contribution in [0.3, 0.4) is 0 Å². The summed E-state index contributed by atoms with van der Waals surface area (Å²) in [5.41, 5.74) is 2.30. The topological polar surface area (TPSA) is 54.5 Å². The van der Waals surface area contributed by atoms with Gasteiger partial charge in [0.25, 0.3) is 5.91 Å². The average Bonchev–Trinajstić information content (AvgIpc) is 2.50. The number of hydrogen-bond acceptors (Lipinski definition) is 4. The molecule has 1 heterocycles. The first kappa shape index (κ1) is 21.4. The van der Waals surface area contributed by atoms with Gasteiger partial charge in [-0.2, -0.15) is 0 Å². The number of halogens is 2. The fourth-order valence-electron chi connectivity index (χ4n) is 2.23. The van der Waals surface area contributed by atoms with E-state index in [1.54, 1.807) is 19.1 Å². The number of ether oxygens (including phenoxy) is 1. The summed E-state index contributed by atoms with van der Waals surface area (Å²) in [4.78, 5) is 18.8. The van der Waals surface area contributed by atoms with E-state index in [1.807, 2.05) is 38.2 Å². The van der Waals surface area contributed by atoms with Gasteiger partial charge in [-0.25, -0.2) is 0 Å². The summed E-state index contributed by atoms with van der Waals surface area (Å²) in [6.45, 7) is 3.31. The Kier molecular flexibility index (Phi) is 8.90. The highest BCUT2D eigenvalue weighted by molar-refractivity contribution is 6.06. The molecule has 2 aromatic rings. The van der Waals surface area contributed by atoms with Crippen molar-refractivity contribution in [3.05, 3.63) is 35.5 Å².